The monoisotopic (exact) mass is 385 g/mol. The molecule has 0 saturated carbocycles. The highest BCUT2D eigenvalue weighted by Gasteiger charge is 2.26. The number of carbonyl (C=O) groups is 1. The third kappa shape index (κ3) is 3.65. The molecule has 144 valence electrons. The average Bonchev–Trinajstić information content (AvgIpc) is 3.20. The van der Waals surface area contributed by atoms with Crippen LogP contribution in [0.3, 0.4) is 0 Å². The van der Waals surface area contributed by atoms with Crippen LogP contribution in [0.25, 0.3) is 5.69 Å². The van der Waals surface area contributed by atoms with Crippen molar-refractivity contribution in [3.05, 3.63) is 83.4 Å². The molecule has 4 nitrogen and oxygen atoms in total. The van der Waals surface area contributed by atoms with Crippen molar-refractivity contribution in [2.24, 2.45) is 0 Å². The number of hydrogen-bond acceptors (Lipinski definition) is 2. The number of carbonyl (C=O) groups excluding carboxylic acids is 1. The Balaban J connectivity index is 1.41. The molecular weight excluding hydrogens is 367 g/mol. The zero-order chi connectivity index (χ0) is 19.7. The van der Waals surface area contributed by atoms with E-state index < -0.39 is 11.6 Å². The van der Waals surface area contributed by atoms with E-state index in [-0.39, 0.29) is 23.2 Å². The smallest absolute Gasteiger partial charge is 0.253 e. The highest BCUT2D eigenvalue weighted by molar-refractivity contribution is 5.94. The summed E-state index contributed by atoms with van der Waals surface area (Å²) in [6, 6.07) is 9.32. The SMILES string of the molecule is O=C(c1ccc(F)c(F)c1)N1CCC(c2cnn(-c3ccc(F)cc3)c2)CC1. The molecule has 1 saturated heterocycles. The first kappa shape index (κ1) is 18.3. The van der Waals surface area contributed by atoms with Crippen molar-refractivity contribution < 1.29 is 18.0 Å². The van der Waals surface area contributed by atoms with Crippen molar-refractivity contribution in [2.75, 3.05) is 13.1 Å². The van der Waals surface area contributed by atoms with E-state index in [0.29, 0.717) is 13.1 Å². The average molecular weight is 385 g/mol. The van der Waals surface area contributed by atoms with Gasteiger partial charge in [0.05, 0.1) is 11.9 Å². The molecule has 28 heavy (non-hydrogen) atoms. The predicted molar refractivity (Wildman–Crippen MR) is 97.8 cm³/mol. The van der Waals surface area contributed by atoms with Crippen LogP contribution < -0.4 is 0 Å². The van der Waals surface area contributed by atoms with Gasteiger partial charge in [-0.3, -0.25) is 4.79 Å². The van der Waals surface area contributed by atoms with Crippen LogP contribution in [-0.2, 0) is 0 Å². The van der Waals surface area contributed by atoms with Crippen molar-refractivity contribution in [1.29, 1.82) is 0 Å². The number of piperidine rings is 1. The molecule has 3 aromatic rings. The second-order valence-corrected chi connectivity index (χ2v) is 6.89. The van der Waals surface area contributed by atoms with E-state index in [1.54, 1.807) is 27.9 Å². The van der Waals surface area contributed by atoms with Crippen LogP contribution in [0.2, 0.25) is 0 Å². The van der Waals surface area contributed by atoms with Crippen LogP contribution in [0.4, 0.5) is 13.2 Å². The Labute approximate surface area is 160 Å². The van der Waals surface area contributed by atoms with Crippen molar-refractivity contribution in [3.8, 4) is 5.69 Å². The Morgan fingerprint density at radius 2 is 1.68 bits per heavy atom. The number of nitrogens with zero attached hydrogens (tertiary/aromatic N) is 3. The number of halogens is 3. The molecule has 0 radical (unpaired) electrons. The van der Waals surface area contributed by atoms with Gasteiger partial charge >= 0.3 is 0 Å². The first-order valence-electron chi connectivity index (χ1n) is 9.06. The largest absolute Gasteiger partial charge is 0.339 e. The van der Waals surface area contributed by atoms with Gasteiger partial charge in [0, 0.05) is 24.8 Å². The lowest BCUT2D eigenvalue weighted by Crippen LogP contribution is -2.37. The van der Waals surface area contributed by atoms with Crippen LogP contribution in [0.5, 0.6) is 0 Å². The highest BCUT2D eigenvalue weighted by Crippen LogP contribution is 2.29. The van der Waals surface area contributed by atoms with Gasteiger partial charge in [0.25, 0.3) is 5.91 Å². The summed E-state index contributed by atoms with van der Waals surface area (Å²) < 4.78 is 41.2. The van der Waals surface area contributed by atoms with E-state index in [0.717, 1.165) is 36.2 Å². The minimum absolute atomic E-state index is 0.154. The van der Waals surface area contributed by atoms with Gasteiger partial charge in [0.2, 0.25) is 0 Å². The third-order valence-electron chi connectivity index (χ3n) is 5.11. The van der Waals surface area contributed by atoms with Crippen LogP contribution in [0, 0.1) is 17.5 Å². The maximum atomic E-state index is 13.4. The molecular formula is C21H18F3N3O. The van der Waals surface area contributed by atoms with Gasteiger partial charge in [-0.1, -0.05) is 0 Å². The molecule has 1 amide bonds. The second-order valence-electron chi connectivity index (χ2n) is 6.89. The lowest BCUT2D eigenvalue weighted by Gasteiger charge is -2.31. The first-order chi connectivity index (χ1) is 13.5. The molecule has 4 rings (SSSR count). The van der Waals surface area contributed by atoms with Crippen molar-refractivity contribution in [3.63, 3.8) is 0 Å². The van der Waals surface area contributed by atoms with Crippen LogP contribution in [0.1, 0.15) is 34.7 Å². The molecule has 0 aliphatic carbocycles. The summed E-state index contributed by atoms with van der Waals surface area (Å²) >= 11 is 0. The second kappa shape index (κ2) is 7.50. The summed E-state index contributed by atoms with van der Waals surface area (Å²) in [5, 5.41) is 4.35. The van der Waals surface area contributed by atoms with E-state index in [9.17, 15) is 18.0 Å². The normalized spacial score (nSPS) is 15.0. The standard InChI is InChI=1S/C21H18F3N3O/c22-17-2-4-18(5-3-17)27-13-16(12-25-27)14-7-9-26(10-8-14)21(28)15-1-6-19(23)20(24)11-15/h1-6,11-14H,7-10H2. The summed E-state index contributed by atoms with van der Waals surface area (Å²) in [7, 11) is 0. The van der Waals surface area contributed by atoms with E-state index in [4.69, 9.17) is 0 Å². The van der Waals surface area contributed by atoms with Crippen LogP contribution in [-0.4, -0.2) is 33.7 Å². The molecule has 1 aromatic heterocycles. The Morgan fingerprint density at radius 1 is 0.964 bits per heavy atom. The fraction of sp³-hybridized carbons (Fsp3) is 0.238. The Kier molecular flexibility index (Phi) is 4.90. The van der Waals surface area contributed by atoms with Gasteiger partial charge < -0.3 is 4.90 Å². The minimum atomic E-state index is -1.02. The molecule has 1 aliphatic rings. The summed E-state index contributed by atoms with van der Waals surface area (Å²) in [4.78, 5) is 14.2. The number of hydrogen-bond donors (Lipinski definition) is 0. The van der Waals surface area contributed by atoms with Crippen molar-refractivity contribution >= 4 is 5.91 Å². The number of benzene rings is 2. The third-order valence-corrected chi connectivity index (χ3v) is 5.11. The lowest BCUT2D eigenvalue weighted by molar-refractivity contribution is 0.0712. The van der Waals surface area contributed by atoms with E-state index in [1.807, 2.05) is 6.20 Å². The van der Waals surface area contributed by atoms with Crippen molar-refractivity contribution in [2.45, 2.75) is 18.8 Å². The summed E-state index contributed by atoms with van der Waals surface area (Å²) in [6.07, 6.45) is 5.22. The summed E-state index contributed by atoms with van der Waals surface area (Å²) in [6.45, 7) is 1.06. The van der Waals surface area contributed by atoms with Gasteiger partial charge in [-0.15, -0.1) is 0 Å². The van der Waals surface area contributed by atoms with Crippen molar-refractivity contribution in [1.82, 2.24) is 14.7 Å². The van der Waals surface area contributed by atoms with E-state index >= 15 is 0 Å². The van der Waals surface area contributed by atoms with Crippen LogP contribution in [0.15, 0.2) is 54.9 Å². The zero-order valence-electron chi connectivity index (χ0n) is 15.0. The molecule has 1 fully saturated rings. The quantitative estimate of drug-likeness (QED) is 0.674. The molecule has 0 bridgehead atoms. The molecule has 0 atom stereocenters. The maximum Gasteiger partial charge on any atom is 0.253 e. The Morgan fingerprint density at radius 3 is 2.36 bits per heavy atom. The number of aromatic nitrogens is 2. The minimum Gasteiger partial charge on any atom is -0.339 e. The van der Waals surface area contributed by atoms with E-state index in [2.05, 4.69) is 5.10 Å². The summed E-state index contributed by atoms with van der Waals surface area (Å²) in [5.74, 6) is -2.32. The maximum absolute atomic E-state index is 13.4. The molecule has 0 N–H and O–H groups in total. The van der Waals surface area contributed by atoms with Gasteiger partial charge in [-0.25, -0.2) is 17.9 Å². The van der Waals surface area contributed by atoms with Crippen LogP contribution >= 0.6 is 0 Å². The number of likely N-dealkylation sites (tertiary alicyclic amines) is 1. The van der Waals surface area contributed by atoms with Gasteiger partial charge in [-0.2, -0.15) is 5.10 Å². The Hall–Kier alpha value is -3.09. The highest BCUT2D eigenvalue weighted by atomic mass is 19.2. The fourth-order valence-corrected chi connectivity index (χ4v) is 3.51. The summed E-state index contributed by atoms with van der Waals surface area (Å²) in [5.41, 5.74) is 1.99. The molecule has 2 aromatic carbocycles. The number of amides is 1. The fourth-order valence-electron chi connectivity index (χ4n) is 3.51. The van der Waals surface area contributed by atoms with Gasteiger partial charge in [0.15, 0.2) is 11.6 Å². The van der Waals surface area contributed by atoms with E-state index in [1.165, 1.54) is 18.2 Å². The van der Waals surface area contributed by atoms with Gasteiger partial charge in [0.1, 0.15) is 5.82 Å². The molecule has 0 unspecified atom stereocenters. The topological polar surface area (TPSA) is 38.1 Å². The first-order valence-corrected chi connectivity index (χ1v) is 9.06. The number of rotatable bonds is 3. The molecule has 2 heterocycles. The predicted octanol–water partition coefficient (Wildman–Crippen LogP) is 4.31. The Bertz CT molecular complexity index is 992. The molecule has 0 spiro atoms. The molecule has 7 heteroatoms. The lowest BCUT2D eigenvalue weighted by atomic mass is 9.91. The zero-order valence-corrected chi connectivity index (χ0v) is 15.0. The molecule has 1 aliphatic heterocycles. The van der Waals surface area contributed by atoms with Gasteiger partial charge in [-0.05, 0) is 66.8 Å².